The van der Waals surface area contributed by atoms with E-state index < -0.39 is 0 Å². The molecule has 0 spiro atoms. The Balaban J connectivity index is 2.23. The molecule has 0 unspecified atom stereocenters. The standard InChI is InChI=1S/C16H19NO2S/c1-5-12-6-7-15(20-12)14(18)8-13-11(3)16(19-4)10(2)9-17-13/h6-7,9H,5,8H2,1-4H3. The first kappa shape index (κ1) is 14.7. The zero-order valence-corrected chi connectivity index (χ0v) is 13.1. The van der Waals surface area contributed by atoms with E-state index in [2.05, 4.69) is 11.9 Å². The molecule has 2 rings (SSSR count). The van der Waals surface area contributed by atoms with Crippen LogP contribution in [0.1, 0.15) is 38.3 Å². The first-order valence-electron chi connectivity index (χ1n) is 6.67. The minimum Gasteiger partial charge on any atom is -0.496 e. The Kier molecular flexibility index (Phi) is 4.55. The van der Waals surface area contributed by atoms with Gasteiger partial charge in [0.05, 0.1) is 24.1 Å². The van der Waals surface area contributed by atoms with Crippen molar-refractivity contribution < 1.29 is 9.53 Å². The van der Waals surface area contributed by atoms with Crippen molar-refractivity contribution in [2.24, 2.45) is 0 Å². The number of Topliss-reactive ketones (excluding diaryl/α,β-unsaturated/α-hetero) is 1. The van der Waals surface area contributed by atoms with Gasteiger partial charge in [0.1, 0.15) is 5.75 Å². The van der Waals surface area contributed by atoms with Gasteiger partial charge in [0, 0.05) is 22.2 Å². The van der Waals surface area contributed by atoms with Crippen molar-refractivity contribution in [1.29, 1.82) is 0 Å². The third kappa shape index (κ3) is 2.90. The summed E-state index contributed by atoms with van der Waals surface area (Å²) in [5, 5.41) is 0. The fraction of sp³-hybridized carbons (Fsp3) is 0.375. The molecule has 0 bridgehead atoms. The third-order valence-corrected chi connectivity index (χ3v) is 4.63. The maximum Gasteiger partial charge on any atom is 0.178 e. The predicted molar refractivity (Wildman–Crippen MR) is 82.0 cm³/mol. The van der Waals surface area contributed by atoms with Gasteiger partial charge in [-0.1, -0.05) is 6.92 Å². The molecule has 0 aromatic carbocycles. The molecule has 0 saturated heterocycles. The summed E-state index contributed by atoms with van der Waals surface area (Å²) in [5.41, 5.74) is 2.74. The fourth-order valence-electron chi connectivity index (χ4n) is 2.21. The average molecular weight is 289 g/mol. The Hall–Kier alpha value is -1.68. The number of hydrogen-bond acceptors (Lipinski definition) is 4. The number of hydrogen-bond donors (Lipinski definition) is 0. The molecular weight excluding hydrogens is 270 g/mol. The number of pyridine rings is 1. The highest BCUT2D eigenvalue weighted by Crippen LogP contribution is 2.25. The summed E-state index contributed by atoms with van der Waals surface area (Å²) < 4.78 is 5.38. The lowest BCUT2D eigenvalue weighted by molar-refractivity contribution is 0.0995. The number of methoxy groups -OCH3 is 1. The van der Waals surface area contributed by atoms with Gasteiger partial charge in [-0.2, -0.15) is 0 Å². The van der Waals surface area contributed by atoms with Crippen LogP contribution in [0, 0.1) is 13.8 Å². The summed E-state index contributed by atoms with van der Waals surface area (Å²) in [7, 11) is 1.65. The lowest BCUT2D eigenvalue weighted by atomic mass is 10.1. The zero-order chi connectivity index (χ0) is 14.7. The highest BCUT2D eigenvalue weighted by atomic mass is 32.1. The van der Waals surface area contributed by atoms with E-state index in [-0.39, 0.29) is 5.78 Å². The molecular formula is C16H19NO2S. The van der Waals surface area contributed by atoms with Crippen molar-refractivity contribution in [2.45, 2.75) is 33.6 Å². The second-order valence-corrected chi connectivity index (χ2v) is 5.93. The highest BCUT2D eigenvalue weighted by molar-refractivity contribution is 7.14. The molecule has 2 aromatic heterocycles. The Bertz CT molecular complexity index is 631. The number of ketones is 1. The number of thiophene rings is 1. The van der Waals surface area contributed by atoms with Crippen LogP contribution in [0.3, 0.4) is 0 Å². The zero-order valence-electron chi connectivity index (χ0n) is 12.3. The topological polar surface area (TPSA) is 39.2 Å². The molecule has 3 nitrogen and oxygen atoms in total. The highest BCUT2D eigenvalue weighted by Gasteiger charge is 2.15. The predicted octanol–water partition coefficient (Wildman–Crippen LogP) is 3.76. The molecule has 0 N–H and O–H groups in total. The number of carbonyl (C=O) groups excluding carboxylic acids is 1. The van der Waals surface area contributed by atoms with E-state index in [1.807, 2.05) is 26.0 Å². The van der Waals surface area contributed by atoms with Gasteiger partial charge in [-0.15, -0.1) is 11.3 Å². The Labute approximate surface area is 123 Å². The Morgan fingerprint density at radius 2 is 2.10 bits per heavy atom. The maximum atomic E-state index is 12.3. The number of aryl methyl sites for hydroxylation is 2. The molecule has 106 valence electrons. The summed E-state index contributed by atoms with van der Waals surface area (Å²) in [6.07, 6.45) is 3.06. The minimum absolute atomic E-state index is 0.121. The molecule has 0 atom stereocenters. The quantitative estimate of drug-likeness (QED) is 0.787. The average Bonchev–Trinajstić information content (AvgIpc) is 2.91. The number of aromatic nitrogens is 1. The van der Waals surface area contributed by atoms with E-state index in [4.69, 9.17) is 4.74 Å². The Morgan fingerprint density at radius 3 is 2.70 bits per heavy atom. The van der Waals surface area contributed by atoms with Gasteiger partial charge < -0.3 is 4.74 Å². The second kappa shape index (κ2) is 6.18. The molecule has 2 aromatic rings. The Morgan fingerprint density at radius 1 is 1.35 bits per heavy atom. The molecule has 0 saturated carbocycles. The van der Waals surface area contributed by atoms with Crippen LogP contribution in [0.4, 0.5) is 0 Å². The van der Waals surface area contributed by atoms with Gasteiger partial charge in [-0.05, 0) is 32.4 Å². The first-order valence-corrected chi connectivity index (χ1v) is 7.49. The van der Waals surface area contributed by atoms with Crippen LogP contribution >= 0.6 is 11.3 Å². The number of rotatable bonds is 5. The summed E-state index contributed by atoms with van der Waals surface area (Å²) in [6, 6.07) is 3.93. The van der Waals surface area contributed by atoms with Crippen LogP contribution in [0.5, 0.6) is 5.75 Å². The van der Waals surface area contributed by atoms with E-state index in [0.29, 0.717) is 6.42 Å². The van der Waals surface area contributed by atoms with Gasteiger partial charge in [0.2, 0.25) is 0 Å². The van der Waals surface area contributed by atoms with Gasteiger partial charge in [0.25, 0.3) is 0 Å². The largest absolute Gasteiger partial charge is 0.496 e. The van der Waals surface area contributed by atoms with E-state index >= 15 is 0 Å². The monoisotopic (exact) mass is 289 g/mol. The van der Waals surface area contributed by atoms with Crippen LogP contribution in [0.15, 0.2) is 18.3 Å². The fourth-order valence-corrected chi connectivity index (χ4v) is 3.09. The van der Waals surface area contributed by atoms with E-state index in [1.165, 1.54) is 4.88 Å². The van der Waals surface area contributed by atoms with E-state index in [1.54, 1.807) is 24.6 Å². The van der Waals surface area contributed by atoms with Crippen LogP contribution in [-0.2, 0) is 12.8 Å². The SMILES string of the molecule is CCc1ccc(C(=O)Cc2ncc(C)c(OC)c2C)s1. The van der Waals surface area contributed by atoms with Crippen LogP contribution in [0.2, 0.25) is 0 Å². The lowest BCUT2D eigenvalue weighted by Gasteiger charge is -2.11. The third-order valence-electron chi connectivity index (χ3n) is 3.36. The van der Waals surface area contributed by atoms with Gasteiger partial charge in [-0.3, -0.25) is 9.78 Å². The number of nitrogens with zero attached hydrogens (tertiary/aromatic N) is 1. The number of carbonyl (C=O) groups is 1. The van der Waals surface area contributed by atoms with Crippen LogP contribution in [-0.4, -0.2) is 17.9 Å². The molecule has 0 radical (unpaired) electrons. The molecule has 2 heterocycles. The summed E-state index contributed by atoms with van der Waals surface area (Å²) in [5.74, 6) is 0.944. The molecule has 4 heteroatoms. The maximum absolute atomic E-state index is 12.3. The smallest absolute Gasteiger partial charge is 0.178 e. The van der Waals surface area contributed by atoms with Crippen LogP contribution < -0.4 is 4.74 Å². The molecule has 0 fully saturated rings. The van der Waals surface area contributed by atoms with Crippen molar-refractivity contribution in [3.05, 3.63) is 44.9 Å². The molecule has 20 heavy (non-hydrogen) atoms. The van der Waals surface area contributed by atoms with Gasteiger partial charge in [0.15, 0.2) is 5.78 Å². The summed E-state index contributed by atoms with van der Waals surface area (Å²) in [6.45, 7) is 6.00. The van der Waals surface area contributed by atoms with Crippen molar-refractivity contribution in [2.75, 3.05) is 7.11 Å². The molecule has 0 aliphatic heterocycles. The van der Waals surface area contributed by atoms with E-state index in [9.17, 15) is 4.79 Å². The van der Waals surface area contributed by atoms with Crippen molar-refractivity contribution in [3.8, 4) is 5.75 Å². The van der Waals surface area contributed by atoms with Crippen LogP contribution in [0.25, 0.3) is 0 Å². The first-order chi connectivity index (χ1) is 9.56. The van der Waals surface area contributed by atoms with Gasteiger partial charge in [-0.25, -0.2) is 0 Å². The summed E-state index contributed by atoms with van der Waals surface area (Å²) >= 11 is 1.57. The number of ether oxygens (including phenoxy) is 1. The molecule has 0 amide bonds. The van der Waals surface area contributed by atoms with Crippen molar-refractivity contribution in [1.82, 2.24) is 4.98 Å². The van der Waals surface area contributed by atoms with Crippen molar-refractivity contribution in [3.63, 3.8) is 0 Å². The minimum atomic E-state index is 0.121. The molecule has 0 aliphatic carbocycles. The van der Waals surface area contributed by atoms with Crippen molar-refractivity contribution >= 4 is 17.1 Å². The van der Waals surface area contributed by atoms with E-state index in [0.717, 1.165) is 33.9 Å². The summed E-state index contributed by atoms with van der Waals surface area (Å²) in [4.78, 5) is 18.7. The molecule has 0 aliphatic rings. The second-order valence-electron chi connectivity index (χ2n) is 4.77. The lowest BCUT2D eigenvalue weighted by Crippen LogP contribution is -2.07. The normalized spacial score (nSPS) is 10.6. The van der Waals surface area contributed by atoms with Gasteiger partial charge >= 0.3 is 0 Å².